The zero-order chi connectivity index (χ0) is 11.3. The second kappa shape index (κ2) is 5.20. The van der Waals surface area contributed by atoms with Crippen LogP contribution < -0.4 is 0 Å². The minimum Gasteiger partial charge on any atom is -0.508 e. The van der Waals surface area contributed by atoms with Gasteiger partial charge in [-0.1, -0.05) is 18.2 Å². The summed E-state index contributed by atoms with van der Waals surface area (Å²) in [5, 5.41) is 9.09. The number of amides is 1. The van der Waals surface area contributed by atoms with Gasteiger partial charge in [-0.05, 0) is 17.7 Å². The van der Waals surface area contributed by atoms with Crippen LogP contribution in [0.4, 0.5) is 0 Å². The standard InChI is InChI=1S/C12H15NO2/c1-3-4-12(15)13(2)9-10-5-7-11(14)8-6-10/h3,5-8,14H,1,4,9H2,2H3. The Morgan fingerprint density at radius 2 is 2.07 bits per heavy atom. The van der Waals surface area contributed by atoms with E-state index in [4.69, 9.17) is 5.11 Å². The summed E-state index contributed by atoms with van der Waals surface area (Å²) in [7, 11) is 1.75. The number of hydrogen-bond acceptors (Lipinski definition) is 2. The molecule has 1 amide bonds. The van der Waals surface area contributed by atoms with E-state index < -0.39 is 0 Å². The SMILES string of the molecule is C=CCC(=O)N(C)Cc1ccc(O)cc1. The van der Waals surface area contributed by atoms with Crippen LogP contribution in [0.2, 0.25) is 0 Å². The van der Waals surface area contributed by atoms with E-state index in [2.05, 4.69) is 6.58 Å². The normalized spacial score (nSPS) is 9.67. The van der Waals surface area contributed by atoms with Crippen LogP contribution in [0, 0.1) is 0 Å². The van der Waals surface area contributed by atoms with Crippen LogP contribution in [-0.2, 0) is 11.3 Å². The smallest absolute Gasteiger partial charge is 0.226 e. The molecule has 0 aliphatic heterocycles. The number of phenols is 1. The number of rotatable bonds is 4. The lowest BCUT2D eigenvalue weighted by Gasteiger charge is -2.16. The third kappa shape index (κ3) is 3.46. The van der Waals surface area contributed by atoms with Gasteiger partial charge in [0.05, 0.1) is 0 Å². The van der Waals surface area contributed by atoms with E-state index in [1.54, 1.807) is 42.3 Å². The molecule has 0 unspecified atom stereocenters. The summed E-state index contributed by atoms with van der Waals surface area (Å²) >= 11 is 0. The molecule has 0 atom stereocenters. The molecule has 15 heavy (non-hydrogen) atoms. The average molecular weight is 205 g/mol. The Balaban J connectivity index is 2.57. The molecule has 3 nitrogen and oxygen atoms in total. The molecule has 0 saturated carbocycles. The van der Waals surface area contributed by atoms with Crippen molar-refractivity contribution in [3.8, 4) is 5.75 Å². The fourth-order valence-corrected chi connectivity index (χ4v) is 1.24. The third-order valence-electron chi connectivity index (χ3n) is 2.10. The maximum absolute atomic E-state index is 11.4. The minimum atomic E-state index is 0.0399. The van der Waals surface area contributed by atoms with Gasteiger partial charge >= 0.3 is 0 Å². The number of benzene rings is 1. The molecular weight excluding hydrogens is 190 g/mol. The molecule has 0 spiro atoms. The molecule has 0 aromatic heterocycles. The van der Waals surface area contributed by atoms with Crippen molar-refractivity contribution in [2.24, 2.45) is 0 Å². The summed E-state index contributed by atoms with van der Waals surface area (Å²) in [6.45, 7) is 4.07. The molecule has 1 rings (SSSR count). The van der Waals surface area contributed by atoms with Crippen LogP contribution in [0.25, 0.3) is 0 Å². The van der Waals surface area contributed by atoms with Crippen molar-refractivity contribution in [2.45, 2.75) is 13.0 Å². The quantitative estimate of drug-likeness (QED) is 0.763. The van der Waals surface area contributed by atoms with Crippen molar-refractivity contribution < 1.29 is 9.90 Å². The van der Waals surface area contributed by atoms with Crippen LogP contribution in [-0.4, -0.2) is 23.0 Å². The van der Waals surface area contributed by atoms with E-state index in [1.165, 1.54) is 0 Å². The van der Waals surface area contributed by atoms with Gasteiger partial charge in [-0.2, -0.15) is 0 Å². The van der Waals surface area contributed by atoms with Crippen LogP contribution in [0.15, 0.2) is 36.9 Å². The van der Waals surface area contributed by atoms with Gasteiger partial charge in [0.25, 0.3) is 0 Å². The van der Waals surface area contributed by atoms with Gasteiger partial charge in [-0.15, -0.1) is 6.58 Å². The summed E-state index contributed by atoms with van der Waals surface area (Å²) in [4.78, 5) is 13.1. The first-order valence-electron chi connectivity index (χ1n) is 4.76. The van der Waals surface area contributed by atoms with Crippen LogP contribution in [0.1, 0.15) is 12.0 Å². The average Bonchev–Trinajstić information content (AvgIpc) is 2.22. The molecular formula is C12H15NO2. The van der Waals surface area contributed by atoms with Crippen LogP contribution in [0.5, 0.6) is 5.75 Å². The molecule has 0 fully saturated rings. The third-order valence-corrected chi connectivity index (χ3v) is 2.10. The van der Waals surface area contributed by atoms with E-state index >= 15 is 0 Å². The molecule has 3 heteroatoms. The summed E-state index contributed by atoms with van der Waals surface area (Å²) < 4.78 is 0. The minimum absolute atomic E-state index is 0.0399. The summed E-state index contributed by atoms with van der Waals surface area (Å²) in [5.74, 6) is 0.275. The lowest BCUT2D eigenvalue weighted by Crippen LogP contribution is -2.25. The predicted molar refractivity (Wildman–Crippen MR) is 59.4 cm³/mol. The fourth-order valence-electron chi connectivity index (χ4n) is 1.24. The highest BCUT2D eigenvalue weighted by Gasteiger charge is 2.06. The summed E-state index contributed by atoms with van der Waals surface area (Å²) in [5.41, 5.74) is 0.993. The molecule has 1 aromatic carbocycles. The van der Waals surface area contributed by atoms with Crippen LogP contribution >= 0.6 is 0 Å². The van der Waals surface area contributed by atoms with Crippen molar-refractivity contribution in [2.75, 3.05) is 7.05 Å². The Kier molecular flexibility index (Phi) is 3.92. The Labute approximate surface area is 89.6 Å². The molecule has 0 radical (unpaired) electrons. The zero-order valence-corrected chi connectivity index (χ0v) is 8.81. The number of aromatic hydroxyl groups is 1. The Bertz CT molecular complexity index is 343. The number of carbonyl (C=O) groups is 1. The van der Waals surface area contributed by atoms with Gasteiger partial charge in [-0.25, -0.2) is 0 Å². The lowest BCUT2D eigenvalue weighted by molar-refractivity contribution is -0.129. The predicted octanol–water partition coefficient (Wildman–Crippen LogP) is 1.93. The number of hydrogen-bond donors (Lipinski definition) is 1. The Morgan fingerprint density at radius 1 is 1.47 bits per heavy atom. The molecule has 80 valence electrons. The Morgan fingerprint density at radius 3 is 2.60 bits per heavy atom. The monoisotopic (exact) mass is 205 g/mol. The second-order valence-corrected chi connectivity index (χ2v) is 3.41. The summed E-state index contributed by atoms with van der Waals surface area (Å²) in [6.07, 6.45) is 1.95. The van der Waals surface area contributed by atoms with Gasteiger partial charge in [0.15, 0.2) is 0 Å². The van der Waals surface area contributed by atoms with Crippen molar-refractivity contribution in [1.82, 2.24) is 4.90 Å². The lowest BCUT2D eigenvalue weighted by atomic mass is 10.2. The molecule has 0 saturated heterocycles. The highest BCUT2D eigenvalue weighted by Crippen LogP contribution is 2.11. The van der Waals surface area contributed by atoms with Gasteiger partial charge in [-0.3, -0.25) is 4.79 Å². The van der Waals surface area contributed by atoms with Gasteiger partial charge in [0, 0.05) is 20.0 Å². The fraction of sp³-hybridized carbons (Fsp3) is 0.250. The van der Waals surface area contributed by atoms with E-state index in [9.17, 15) is 4.79 Å². The molecule has 0 bridgehead atoms. The zero-order valence-electron chi connectivity index (χ0n) is 8.81. The van der Waals surface area contributed by atoms with Crippen molar-refractivity contribution in [3.05, 3.63) is 42.5 Å². The maximum Gasteiger partial charge on any atom is 0.226 e. The van der Waals surface area contributed by atoms with Crippen molar-refractivity contribution in [1.29, 1.82) is 0 Å². The number of carbonyl (C=O) groups excluding carboxylic acids is 1. The summed E-state index contributed by atoms with van der Waals surface area (Å²) in [6, 6.07) is 6.82. The second-order valence-electron chi connectivity index (χ2n) is 3.41. The maximum atomic E-state index is 11.4. The molecule has 1 aromatic rings. The molecule has 0 heterocycles. The molecule has 1 N–H and O–H groups in total. The first-order valence-corrected chi connectivity index (χ1v) is 4.76. The highest BCUT2D eigenvalue weighted by molar-refractivity contribution is 5.77. The van der Waals surface area contributed by atoms with Gasteiger partial charge in [0.2, 0.25) is 5.91 Å². The van der Waals surface area contributed by atoms with Gasteiger partial charge in [0.1, 0.15) is 5.75 Å². The largest absolute Gasteiger partial charge is 0.508 e. The van der Waals surface area contributed by atoms with E-state index in [1.807, 2.05) is 0 Å². The van der Waals surface area contributed by atoms with E-state index in [0.29, 0.717) is 13.0 Å². The van der Waals surface area contributed by atoms with Crippen LogP contribution in [0.3, 0.4) is 0 Å². The number of nitrogens with zero attached hydrogens (tertiary/aromatic N) is 1. The Hall–Kier alpha value is -1.77. The van der Waals surface area contributed by atoms with E-state index in [0.717, 1.165) is 5.56 Å². The molecule has 0 aliphatic carbocycles. The molecule has 0 aliphatic rings. The first kappa shape index (κ1) is 11.3. The van der Waals surface area contributed by atoms with Gasteiger partial charge < -0.3 is 10.0 Å². The van der Waals surface area contributed by atoms with E-state index in [-0.39, 0.29) is 11.7 Å². The topological polar surface area (TPSA) is 40.5 Å². The van der Waals surface area contributed by atoms with Crippen molar-refractivity contribution >= 4 is 5.91 Å². The van der Waals surface area contributed by atoms with Crippen molar-refractivity contribution in [3.63, 3.8) is 0 Å². The number of phenolic OH excluding ortho intramolecular Hbond substituents is 1. The first-order chi connectivity index (χ1) is 7.13. The highest BCUT2D eigenvalue weighted by atomic mass is 16.3.